The number of nitrogens with zero attached hydrogens (tertiary/aromatic N) is 1. The van der Waals surface area contributed by atoms with E-state index in [1.54, 1.807) is 0 Å². The van der Waals surface area contributed by atoms with Gasteiger partial charge in [-0.1, -0.05) is 92.6 Å². The largest absolute Gasteiger partial charge is 0.456 e. The Morgan fingerprint density at radius 2 is 0.909 bits per heavy atom. The molecule has 0 amide bonds. The van der Waals surface area contributed by atoms with Crippen molar-refractivity contribution in [3.8, 4) is 23.0 Å². The maximum atomic E-state index is 6.96. The standard InChI is InChI=1S/C40H40NO2P/c1-38(2,3)25-17-29-35-31(19-25)42-33-21-27(40(7,8)9)22-34-37(33)44(35)36-30(18-26(39(4,5)6)20-32(36)43-34)41(29)28-15-14-23-12-10-11-13-24(23)16-28/h10-22H,1-9H3. The van der Waals surface area contributed by atoms with Crippen LogP contribution < -0.4 is 30.3 Å². The highest BCUT2D eigenvalue weighted by Crippen LogP contribution is 2.61. The van der Waals surface area contributed by atoms with E-state index in [2.05, 4.69) is 146 Å². The van der Waals surface area contributed by atoms with E-state index in [1.165, 1.54) is 54.8 Å². The van der Waals surface area contributed by atoms with E-state index in [0.29, 0.717) is 0 Å². The molecule has 0 saturated heterocycles. The smallest absolute Gasteiger partial charge is 0.139 e. The molecule has 0 saturated carbocycles. The highest BCUT2D eigenvalue weighted by atomic mass is 31.1. The van der Waals surface area contributed by atoms with Crippen LogP contribution in [0.4, 0.5) is 17.1 Å². The molecule has 44 heavy (non-hydrogen) atoms. The lowest BCUT2D eigenvalue weighted by Gasteiger charge is -2.45. The van der Waals surface area contributed by atoms with E-state index < -0.39 is 7.92 Å². The third-order valence-corrected chi connectivity index (χ3v) is 12.0. The molecule has 0 radical (unpaired) electrons. The Hall–Kier alpha value is -3.81. The second-order valence-electron chi connectivity index (χ2n) is 15.7. The molecule has 3 aliphatic rings. The first kappa shape index (κ1) is 27.7. The second-order valence-corrected chi connectivity index (χ2v) is 17.7. The minimum atomic E-state index is -0.892. The fourth-order valence-corrected chi connectivity index (χ4v) is 9.47. The van der Waals surface area contributed by atoms with E-state index in [0.717, 1.165) is 28.7 Å². The van der Waals surface area contributed by atoms with Gasteiger partial charge in [0.25, 0.3) is 0 Å². The highest BCUT2D eigenvalue weighted by molar-refractivity contribution is 7.81. The molecule has 0 aliphatic carbocycles. The zero-order valence-corrected chi connectivity index (χ0v) is 28.1. The van der Waals surface area contributed by atoms with Gasteiger partial charge in [0.2, 0.25) is 0 Å². The van der Waals surface area contributed by atoms with Crippen molar-refractivity contribution in [2.45, 2.75) is 78.6 Å². The normalized spacial score (nSPS) is 15.2. The molecule has 5 aromatic carbocycles. The molecule has 0 atom stereocenters. The van der Waals surface area contributed by atoms with Crippen LogP contribution in [-0.2, 0) is 16.2 Å². The summed E-state index contributed by atoms with van der Waals surface area (Å²) in [5.74, 6) is 3.84. The maximum absolute atomic E-state index is 6.96. The molecule has 5 aromatic rings. The van der Waals surface area contributed by atoms with Gasteiger partial charge < -0.3 is 14.4 Å². The number of benzene rings is 5. The van der Waals surface area contributed by atoms with Gasteiger partial charge in [0, 0.05) is 13.6 Å². The molecule has 3 heterocycles. The molecule has 4 heteroatoms. The Kier molecular flexibility index (Phi) is 5.60. The predicted molar refractivity (Wildman–Crippen MR) is 187 cm³/mol. The minimum Gasteiger partial charge on any atom is -0.456 e. The minimum absolute atomic E-state index is 0.0393. The maximum Gasteiger partial charge on any atom is 0.139 e. The summed E-state index contributed by atoms with van der Waals surface area (Å²) in [5, 5.41) is 6.26. The molecule has 0 fully saturated rings. The zero-order valence-electron chi connectivity index (χ0n) is 27.2. The van der Waals surface area contributed by atoms with Crippen molar-refractivity contribution >= 4 is 51.7 Å². The van der Waals surface area contributed by atoms with Gasteiger partial charge in [-0.25, -0.2) is 0 Å². The quantitative estimate of drug-likeness (QED) is 0.176. The lowest BCUT2D eigenvalue weighted by molar-refractivity contribution is 0.457. The van der Waals surface area contributed by atoms with Gasteiger partial charge in [0.15, 0.2) is 0 Å². The van der Waals surface area contributed by atoms with Crippen LogP contribution in [0.15, 0.2) is 78.9 Å². The molecule has 0 N–H and O–H groups in total. The first-order valence-electron chi connectivity index (χ1n) is 15.7. The van der Waals surface area contributed by atoms with Crippen LogP contribution in [0.1, 0.15) is 79.0 Å². The van der Waals surface area contributed by atoms with Gasteiger partial charge >= 0.3 is 0 Å². The summed E-state index contributed by atoms with van der Waals surface area (Å²) in [7, 11) is -0.892. The molecule has 8 rings (SSSR count). The Bertz CT molecular complexity index is 1940. The van der Waals surface area contributed by atoms with Crippen LogP contribution in [0.2, 0.25) is 0 Å². The van der Waals surface area contributed by atoms with E-state index in [-0.39, 0.29) is 16.2 Å². The summed E-state index contributed by atoms with van der Waals surface area (Å²) in [6.45, 7) is 20.5. The molecule has 0 bridgehead atoms. The summed E-state index contributed by atoms with van der Waals surface area (Å²) in [5.41, 5.74) is 7.21. The average Bonchev–Trinajstić information content (AvgIpc) is 2.95. The first-order chi connectivity index (χ1) is 20.7. The van der Waals surface area contributed by atoms with Crippen molar-refractivity contribution in [3.63, 3.8) is 0 Å². The molecular weight excluding hydrogens is 557 g/mol. The average molecular weight is 598 g/mol. The molecule has 222 valence electrons. The monoisotopic (exact) mass is 597 g/mol. The number of hydrogen-bond donors (Lipinski definition) is 0. The Balaban J connectivity index is 1.50. The van der Waals surface area contributed by atoms with Gasteiger partial charge in [-0.3, -0.25) is 0 Å². The van der Waals surface area contributed by atoms with Crippen molar-refractivity contribution in [2.24, 2.45) is 0 Å². The van der Waals surface area contributed by atoms with Crippen LogP contribution in [0.5, 0.6) is 23.0 Å². The predicted octanol–water partition coefficient (Wildman–Crippen LogP) is 10.5. The Labute approximate surface area is 262 Å². The van der Waals surface area contributed by atoms with Gasteiger partial charge in [-0.2, -0.15) is 0 Å². The van der Waals surface area contributed by atoms with Crippen LogP contribution in [0.3, 0.4) is 0 Å². The van der Waals surface area contributed by atoms with E-state index in [1.807, 2.05) is 0 Å². The SMILES string of the molecule is CC(C)(C)c1cc2c3c(c1)Oc1cc(C(C)(C)C)cc4c1P3c1c(cc(C(C)(C)C)cc1N4c1ccc3ccccc3c1)O2. The number of hydrogen-bond acceptors (Lipinski definition) is 3. The first-order valence-corrected chi connectivity index (χ1v) is 17.0. The summed E-state index contributed by atoms with van der Waals surface area (Å²) < 4.78 is 13.9. The van der Waals surface area contributed by atoms with Crippen LogP contribution in [0, 0.1) is 0 Å². The summed E-state index contributed by atoms with van der Waals surface area (Å²) >= 11 is 0. The van der Waals surface area contributed by atoms with Crippen LogP contribution in [-0.4, -0.2) is 0 Å². The van der Waals surface area contributed by atoms with Crippen LogP contribution >= 0.6 is 7.92 Å². The third-order valence-electron chi connectivity index (χ3n) is 9.33. The van der Waals surface area contributed by atoms with Crippen LogP contribution in [0.25, 0.3) is 10.8 Å². The van der Waals surface area contributed by atoms with Gasteiger partial charge in [0.05, 0.1) is 27.3 Å². The molecule has 0 spiro atoms. The van der Waals surface area contributed by atoms with Gasteiger partial charge in [-0.05, 0) is 92.2 Å². The highest BCUT2D eigenvalue weighted by Gasteiger charge is 2.46. The van der Waals surface area contributed by atoms with Crippen molar-refractivity contribution < 1.29 is 9.47 Å². The van der Waals surface area contributed by atoms with Crippen molar-refractivity contribution in [1.29, 1.82) is 0 Å². The summed E-state index contributed by atoms with van der Waals surface area (Å²) in [6.07, 6.45) is 0. The topological polar surface area (TPSA) is 21.7 Å². The van der Waals surface area contributed by atoms with E-state index in [4.69, 9.17) is 9.47 Å². The second kappa shape index (κ2) is 8.89. The fourth-order valence-electron chi connectivity index (χ4n) is 6.69. The number of anilines is 3. The molecule has 0 aromatic heterocycles. The van der Waals surface area contributed by atoms with E-state index >= 15 is 0 Å². The van der Waals surface area contributed by atoms with Crippen molar-refractivity contribution in [1.82, 2.24) is 0 Å². The molecule has 3 nitrogen and oxygen atoms in total. The number of rotatable bonds is 1. The Morgan fingerprint density at radius 3 is 1.39 bits per heavy atom. The molecule has 0 unspecified atom stereocenters. The molecule has 3 aliphatic heterocycles. The third kappa shape index (κ3) is 4.05. The van der Waals surface area contributed by atoms with Gasteiger partial charge in [-0.15, -0.1) is 0 Å². The fraction of sp³-hybridized carbons (Fsp3) is 0.300. The van der Waals surface area contributed by atoms with Gasteiger partial charge in [0.1, 0.15) is 23.0 Å². The summed E-state index contributed by atoms with van der Waals surface area (Å²) in [4.78, 5) is 2.49. The molecular formula is C40H40NO2P. The van der Waals surface area contributed by atoms with Crippen molar-refractivity contribution in [3.05, 3.63) is 95.6 Å². The number of fused-ring (bicyclic) bond motifs is 1. The Morgan fingerprint density at radius 1 is 0.477 bits per heavy atom. The zero-order chi connectivity index (χ0) is 30.9. The van der Waals surface area contributed by atoms with E-state index in [9.17, 15) is 0 Å². The van der Waals surface area contributed by atoms with Crippen molar-refractivity contribution in [2.75, 3.05) is 4.90 Å². The summed E-state index contributed by atoms with van der Waals surface area (Å²) in [6, 6.07) is 29.5. The number of ether oxygens (including phenoxy) is 2. The lowest BCUT2D eigenvalue weighted by atomic mass is 9.85. The lowest BCUT2D eigenvalue weighted by Crippen LogP contribution is -2.41.